The van der Waals surface area contributed by atoms with Crippen molar-refractivity contribution in [3.8, 4) is 0 Å². The molecule has 0 aromatic carbocycles. The molecule has 1 saturated heterocycles. The molecular weight excluding hydrogens is 342 g/mol. The van der Waals surface area contributed by atoms with Gasteiger partial charge in [0.05, 0.1) is 0 Å². The maximum Gasteiger partial charge on any atom is 0.249 e. The maximum atomic E-state index is 12.1. The van der Waals surface area contributed by atoms with Crippen molar-refractivity contribution in [2.24, 2.45) is 5.92 Å². The zero-order valence-corrected chi connectivity index (χ0v) is 16.4. The molecule has 0 spiro atoms. The van der Waals surface area contributed by atoms with Gasteiger partial charge in [-0.25, -0.2) is 0 Å². The van der Waals surface area contributed by atoms with Crippen molar-refractivity contribution in [2.75, 3.05) is 32.8 Å². The summed E-state index contributed by atoms with van der Waals surface area (Å²) in [5.74, 6) is 3.00. The third-order valence-electron chi connectivity index (χ3n) is 6.31. The maximum absolute atomic E-state index is 12.1. The highest BCUT2D eigenvalue weighted by Gasteiger charge is 2.24. The summed E-state index contributed by atoms with van der Waals surface area (Å²) < 4.78 is 7.71. The van der Waals surface area contributed by atoms with E-state index in [9.17, 15) is 4.79 Å². The summed E-state index contributed by atoms with van der Waals surface area (Å²) in [7, 11) is 0. The van der Waals surface area contributed by atoms with E-state index in [0.29, 0.717) is 13.2 Å². The Hall–Kier alpha value is -1.47. The molecule has 0 radical (unpaired) electrons. The van der Waals surface area contributed by atoms with Gasteiger partial charge in [-0.2, -0.15) is 0 Å². The molecular formula is C20H33N5O2. The van der Waals surface area contributed by atoms with Crippen LogP contribution < -0.4 is 5.32 Å². The van der Waals surface area contributed by atoms with Gasteiger partial charge in [0, 0.05) is 52.2 Å². The van der Waals surface area contributed by atoms with Crippen LogP contribution in [-0.2, 0) is 28.9 Å². The highest BCUT2D eigenvalue weighted by atomic mass is 16.5. The summed E-state index contributed by atoms with van der Waals surface area (Å²) in [4.78, 5) is 14.7. The molecule has 2 aliphatic heterocycles. The molecule has 27 heavy (non-hydrogen) atoms. The Labute approximate surface area is 161 Å². The molecule has 1 atom stereocenters. The molecule has 0 bridgehead atoms. The van der Waals surface area contributed by atoms with E-state index in [-0.39, 0.29) is 12.0 Å². The van der Waals surface area contributed by atoms with Crippen LogP contribution in [0, 0.1) is 5.92 Å². The molecule has 0 unspecified atom stereocenters. The predicted molar refractivity (Wildman–Crippen MR) is 102 cm³/mol. The van der Waals surface area contributed by atoms with Crippen LogP contribution in [0.5, 0.6) is 0 Å². The lowest BCUT2D eigenvalue weighted by molar-refractivity contribution is -0.130. The number of aromatic nitrogens is 3. The van der Waals surface area contributed by atoms with Gasteiger partial charge in [0.25, 0.3) is 0 Å². The first-order valence-electron chi connectivity index (χ1n) is 10.8. The number of ether oxygens (including phenoxy) is 1. The smallest absolute Gasteiger partial charge is 0.249 e. The van der Waals surface area contributed by atoms with Crippen molar-refractivity contribution in [2.45, 2.75) is 70.4 Å². The van der Waals surface area contributed by atoms with Crippen LogP contribution in [-0.4, -0.2) is 64.5 Å². The molecule has 1 N–H and O–H groups in total. The number of amides is 1. The fourth-order valence-electron chi connectivity index (χ4n) is 4.72. The monoisotopic (exact) mass is 375 g/mol. The van der Waals surface area contributed by atoms with E-state index in [2.05, 4.69) is 25.0 Å². The third-order valence-corrected chi connectivity index (χ3v) is 6.31. The number of nitrogens with zero attached hydrogens (tertiary/aromatic N) is 4. The normalized spacial score (nSPS) is 24.5. The van der Waals surface area contributed by atoms with Crippen molar-refractivity contribution in [1.82, 2.24) is 25.0 Å². The molecule has 1 aromatic rings. The molecule has 2 fully saturated rings. The first kappa shape index (κ1) is 18.9. The van der Waals surface area contributed by atoms with Crippen molar-refractivity contribution in [3.05, 3.63) is 11.6 Å². The lowest BCUT2D eigenvalue weighted by Crippen LogP contribution is -2.35. The van der Waals surface area contributed by atoms with E-state index in [1.54, 1.807) is 0 Å². The average molecular weight is 376 g/mol. The number of carbonyl (C=O) groups excluding carboxylic acids is 1. The second-order valence-corrected chi connectivity index (χ2v) is 8.28. The average Bonchev–Trinajstić information content (AvgIpc) is 3.31. The molecule has 4 rings (SSSR count). The minimum atomic E-state index is -0.256. The minimum Gasteiger partial charge on any atom is -0.368 e. The van der Waals surface area contributed by atoms with Gasteiger partial charge in [0.2, 0.25) is 5.91 Å². The van der Waals surface area contributed by atoms with E-state index in [0.717, 1.165) is 62.9 Å². The van der Waals surface area contributed by atoms with Crippen molar-refractivity contribution < 1.29 is 9.53 Å². The molecule has 1 aromatic heterocycles. The van der Waals surface area contributed by atoms with Gasteiger partial charge in [0.1, 0.15) is 17.8 Å². The van der Waals surface area contributed by atoms with Crippen molar-refractivity contribution in [1.29, 1.82) is 0 Å². The Morgan fingerprint density at radius 2 is 1.96 bits per heavy atom. The van der Waals surface area contributed by atoms with E-state index in [1.165, 1.54) is 38.6 Å². The van der Waals surface area contributed by atoms with Gasteiger partial charge >= 0.3 is 0 Å². The van der Waals surface area contributed by atoms with Crippen molar-refractivity contribution >= 4 is 5.91 Å². The van der Waals surface area contributed by atoms with Gasteiger partial charge < -0.3 is 19.5 Å². The molecule has 1 saturated carbocycles. The van der Waals surface area contributed by atoms with Gasteiger partial charge in [0.15, 0.2) is 0 Å². The zero-order chi connectivity index (χ0) is 18.5. The summed E-state index contributed by atoms with van der Waals surface area (Å²) >= 11 is 0. The summed E-state index contributed by atoms with van der Waals surface area (Å²) in [5, 5.41) is 11.8. The number of nitrogens with one attached hydrogen (secondary N) is 1. The topological polar surface area (TPSA) is 72.3 Å². The Morgan fingerprint density at radius 3 is 2.78 bits per heavy atom. The number of carbonyl (C=O) groups is 1. The van der Waals surface area contributed by atoms with E-state index in [1.807, 2.05) is 0 Å². The van der Waals surface area contributed by atoms with Crippen LogP contribution >= 0.6 is 0 Å². The van der Waals surface area contributed by atoms with E-state index >= 15 is 0 Å². The summed E-state index contributed by atoms with van der Waals surface area (Å²) in [6, 6.07) is 0. The largest absolute Gasteiger partial charge is 0.368 e. The van der Waals surface area contributed by atoms with Crippen LogP contribution in [0.3, 0.4) is 0 Å². The Balaban J connectivity index is 1.25. The molecule has 7 heteroatoms. The first-order chi connectivity index (χ1) is 13.3. The van der Waals surface area contributed by atoms with E-state index < -0.39 is 0 Å². The molecule has 1 aliphatic carbocycles. The van der Waals surface area contributed by atoms with Crippen LogP contribution in [0.4, 0.5) is 0 Å². The molecule has 1 amide bonds. The predicted octanol–water partition coefficient (Wildman–Crippen LogP) is 1.55. The molecule has 7 nitrogen and oxygen atoms in total. The number of hydrogen-bond acceptors (Lipinski definition) is 5. The molecule has 3 aliphatic rings. The van der Waals surface area contributed by atoms with E-state index in [4.69, 9.17) is 4.74 Å². The standard InChI is InChI=1S/C20H33N5O2/c26-20(17-7-4-14-27-17)21-10-8-18-22-23-19-9-11-24(12-13-25(18)19)15-16-5-2-1-3-6-16/h16-17H,1-15H2,(H,21,26)/t17-/m1/s1. The Kier molecular flexibility index (Phi) is 6.39. The van der Waals surface area contributed by atoms with Gasteiger partial charge in [-0.05, 0) is 31.6 Å². The fraction of sp³-hybridized carbons (Fsp3) is 0.850. The van der Waals surface area contributed by atoms with Crippen LogP contribution in [0.2, 0.25) is 0 Å². The zero-order valence-electron chi connectivity index (χ0n) is 16.4. The van der Waals surface area contributed by atoms with Gasteiger partial charge in [-0.3, -0.25) is 4.79 Å². The first-order valence-corrected chi connectivity index (χ1v) is 10.8. The van der Waals surface area contributed by atoms with Gasteiger partial charge in [-0.1, -0.05) is 19.3 Å². The number of fused-ring (bicyclic) bond motifs is 1. The second-order valence-electron chi connectivity index (χ2n) is 8.28. The van der Waals surface area contributed by atoms with Gasteiger partial charge in [-0.15, -0.1) is 10.2 Å². The highest BCUT2D eigenvalue weighted by molar-refractivity contribution is 5.80. The molecule has 150 valence electrons. The number of rotatable bonds is 6. The summed E-state index contributed by atoms with van der Waals surface area (Å²) in [6.07, 6.45) is 10.3. The third kappa shape index (κ3) is 4.88. The van der Waals surface area contributed by atoms with Crippen LogP contribution in [0.25, 0.3) is 0 Å². The lowest BCUT2D eigenvalue weighted by Gasteiger charge is -2.28. The fourth-order valence-corrected chi connectivity index (χ4v) is 4.72. The SMILES string of the molecule is O=C(NCCc1nnc2n1CCN(CC1CCCCC1)CC2)[C@H]1CCCO1. The second kappa shape index (κ2) is 9.15. The minimum absolute atomic E-state index is 0.0155. The summed E-state index contributed by atoms with van der Waals surface area (Å²) in [6.45, 7) is 5.67. The number of hydrogen-bond donors (Lipinski definition) is 1. The van der Waals surface area contributed by atoms with Crippen LogP contribution in [0.15, 0.2) is 0 Å². The lowest BCUT2D eigenvalue weighted by atomic mass is 9.89. The Morgan fingerprint density at radius 1 is 1.07 bits per heavy atom. The summed E-state index contributed by atoms with van der Waals surface area (Å²) in [5.41, 5.74) is 0. The quantitative estimate of drug-likeness (QED) is 0.817. The van der Waals surface area contributed by atoms with Crippen LogP contribution in [0.1, 0.15) is 56.6 Å². The van der Waals surface area contributed by atoms with Crippen molar-refractivity contribution in [3.63, 3.8) is 0 Å². The highest BCUT2D eigenvalue weighted by Crippen LogP contribution is 2.25. The molecule has 3 heterocycles. The Bertz CT molecular complexity index is 620.